The van der Waals surface area contributed by atoms with E-state index in [0.717, 1.165) is 16.3 Å². The molecule has 0 unspecified atom stereocenters. The van der Waals surface area contributed by atoms with Crippen LogP contribution < -0.4 is 4.90 Å². The molecule has 2 aliphatic rings. The first-order chi connectivity index (χ1) is 20.6. The highest BCUT2D eigenvalue weighted by Crippen LogP contribution is 2.42. The van der Waals surface area contributed by atoms with Gasteiger partial charge in [0.15, 0.2) is 5.82 Å². The SMILES string of the molecule is CC(C)[Si](C#Cc1cccc2cccc(-c3ncc4c(N5CC[C@@H]6[C@H]5CN6C(=O)O)ncnc4c3F)c12)(C(C)C)C(C)C. The standard InChI is InChI=1S/C34H38FN5O2Si/c1-20(2)43(21(3)4,22(5)6)16-14-24-10-7-9-23-11-8-12-25(29(23)24)31-30(35)32-26(17-36-31)33(38-19-37-32)39-15-13-27-28(39)18-40(27)34(41)42/h7-12,17,19-22,27-28H,13,15,18H2,1-6H3,(H,41,42)/t27-,28-/m1/s1. The van der Waals surface area contributed by atoms with Crippen molar-refractivity contribution in [1.29, 1.82) is 0 Å². The number of carbonyl (C=O) groups is 1. The Kier molecular flexibility index (Phi) is 7.37. The average Bonchev–Trinajstić information content (AvgIpc) is 3.27. The normalized spacial score (nSPS) is 18.4. The first-order valence-electron chi connectivity index (χ1n) is 15.2. The highest BCUT2D eigenvalue weighted by atomic mass is 28.3. The fraction of sp³-hybridized carbons (Fsp3) is 0.412. The van der Waals surface area contributed by atoms with Gasteiger partial charge in [-0.2, -0.15) is 0 Å². The predicted octanol–water partition coefficient (Wildman–Crippen LogP) is 7.49. The van der Waals surface area contributed by atoms with Crippen molar-refractivity contribution in [3.05, 3.63) is 60.3 Å². The van der Waals surface area contributed by atoms with Crippen LogP contribution in [0.3, 0.4) is 0 Å². The van der Waals surface area contributed by atoms with Crippen molar-refractivity contribution in [3.63, 3.8) is 0 Å². The summed E-state index contributed by atoms with van der Waals surface area (Å²) in [6.07, 6.45) is 2.85. The van der Waals surface area contributed by atoms with E-state index in [-0.39, 0.29) is 23.3 Å². The fourth-order valence-corrected chi connectivity index (χ4v) is 13.0. The maximum absolute atomic E-state index is 16.4. The zero-order chi connectivity index (χ0) is 30.6. The summed E-state index contributed by atoms with van der Waals surface area (Å²) in [5.41, 5.74) is 7.34. The molecule has 1 N–H and O–H groups in total. The van der Waals surface area contributed by atoms with Gasteiger partial charge in [-0.3, -0.25) is 4.98 Å². The molecule has 2 fully saturated rings. The molecule has 0 spiro atoms. The molecule has 0 aliphatic carbocycles. The molecular formula is C34H38FN5O2Si. The molecule has 1 amide bonds. The molecule has 2 aliphatic heterocycles. The number of benzene rings is 2. The van der Waals surface area contributed by atoms with E-state index < -0.39 is 20.0 Å². The summed E-state index contributed by atoms with van der Waals surface area (Å²) in [5, 5.41) is 11.8. The monoisotopic (exact) mass is 595 g/mol. The summed E-state index contributed by atoms with van der Waals surface area (Å²) in [6, 6.07) is 11.9. The van der Waals surface area contributed by atoms with Crippen LogP contribution >= 0.6 is 0 Å². The van der Waals surface area contributed by atoms with Crippen LogP contribution in [0.25, 0.3) is 32.9 Å². The summed E-state index contributed by atoms with van der Waals surface area (Å²) < 4.78 is 16.4. The largest absolute Gasteiger partial charge is 0.465 e. The van der Waals surface area contributed by atoms with Gasteiger partial charge in [-0.1, -0.05) is 77.8 Å². The highest BCUT2D eigenvalue weighted by molar-refractivity contribution is 6.90. The van der Waals surface area contributed by atoms with E-state index in [1.165, 1.54) is 11.2 Å². The smallest absolute Gasteiger partial charge is 0.407 e. The number of likely N-dealkylation sites (tertiary alicyclic amines) is 1. The van der Waals surface area contributed by atoms with Gasteiger partial charge in [-0.25, -0.2) is 19.2 Å². The van der Waals surface area contributed by atoms with Crippen molar-refractivity contribution < 1.29 is 14.3 Å². The van der Waals surface area contributed by atoms with Crippen LogP contribution in [-0.2, 0) is 0 Å². The van der Waals surface area contributed by atoms with Crippen LogP contribution in [-0.4, -0.2) is 64.3 Å². The van der Waals surface area contributed by atoms with Crippen LogP contribution in [0.5, 0.6) is 0 Å². The summed E-state index contributed by atoms with van der Waals surface area (Å²) in [5.74, 6) is 3.70. The van der Waals surface area contributed by atoms with Crippen LogP contribution in [0.2, 0.25) is 16.6 Å². The molecule has 43 heavy (non-hydrogen) atoms. The second-order valence-corrected chi connectivity index (χ2v) is 18.4. The van der Waals surface area contributed by atoms with E-state index in [1.54, 1.807) is 6.20 Å². The summed E-state index contributed by atoms with van der Waals surface area (Å²) in [6.45, 7) is 14.9. The van der Waals surface area contributed by atoms with Crippen LogP contribution in [0.1, 0.15) is 53.5 Å². The average molecular weight is 596 g/mol. The molecule has 222 valence electrons. The number of amides is 1. The van der Waals surface area contributed by atoms with Crippen LogP contribution in [0.15, 0.2) is 48.9 Å². The highest BCUT2D eigenvalue weighted by Gasteiger charge is 2.50. The maximum atomic E-state index is 16.4. The van der Waals surface area contributed by atoms with Crippen LogP contribution in [0, 0.1) is 17.3 Å². The number of halogens is 1. The van der Waals surface area contributed by atoms with Gasteiger partial charge in [0.25, 0.3) is 0 Å². The number of fused-ring (bicyclic) bond motifs is 3. The molecule has 0 radical (unpaired) electrons. The third-order valence-corrected chi connectivity index (χ3v) is 16.1. The topological polar surface area (TPSA) is 82.5 Å². The molecule has 0 bridgehead atoms. The molecular weight excluding hydrogens is 557 g/mol. The van der Waals surface area contributed by atoms with E-state index in [2.05, 4.69) is 72.9 Å². The summed E-state index contributed by atoms with van der Waals surface area (Å²) in [4.78, 5) is 28.6. The number of nitrogens with zero attached hydrogens (tertiary/aromatic N) is 5. The molecule has 9 heteroatoms. The Balaban J connectivity index is 1.46. The van der Waals surface area contributed by atoms with E-state index >= 15 is 4.39 Å². The van der Waals surface area contributed by atoms with E-state index in [1.807, 2.05) is 36.4 Å². The van der Waals surface area contributed by atoms with Gasteiger partial charge in [0.2, 0.25) is 0 Å². The minimum absolute atomic E-state index is 0.0225. The maximum Gasteiger partial charge on any atom is 0.407 e. The van der Waals surface area contributed by atoms with Gasteiger partial charge in [0.1, 0.15) is 31.4 Å². The van der Waals surface area contributed by atoms with Gasteiger partial charge in [0, 0.05) is 35.8 Å². The lowest BCUT2D eigenvalue weighted by atomic mass is 9.96. The van der Waals surface area contributed by atoms with Crippen molar-refractivity contribution in [2.75, 3.05) is 18.0 Å². The fourth-order valence-electron chi connectivity index (χ4n) is 7.75. The van der Waals surface area contributed by atoms with Gasteiger partial charge >= 0.3 is 6.09 Å². The van der Waals surface area contributed by atoms with Crippen molar-refractivity contribution >= 4 is 41.7 Å². The van der Waals surface area contributed by atoms with Crippen molar-refractivity contribution in [2.45, 2.75) is 76.7 Å². The second kappa shape index (κ2) is 10.9. The lowest BCUT2D eigenvalue weighted by molar-refractivity contribution is 0.0705. The number of rotatable bonds is 5. The zero-order valence-electron chi connectivity index (χ0n) is 25.6. The molecule has 7 nitrogen and oxygen atoms in total. The molecule has 2 atom stereocenters. The van der Waals surface area contributed by atoms with Gasteiger partial charge in [-0.15, -0.1) is 5.54 Å². The Morgan fingerprint density at radius 3 is 2.37 bits per heavy atom. The Bertz CT molecular complexity index is 1770. The minimum atomic E-state index is -1.99. The molecule has 2 aromatic heterocycles. The Hall–Kier alpha value is -4.03. The third-order valence-electron chi connectivity index (χ3n) is 9.85. The Morgan fingerprint density at radius 1 is 1.00 bits per heavy atom. The lowest BCUT2D eigenvalue weighted by Gasteiger charge is -2.45. The van der Waals surface area contributed by atoms with E-state index in [9.17, 15) is 9.90 Å². The molecule has 4 aromatic rings. The number of anilines is 1. The number of aromatic nitrogens is 3. The Morgan fingerprint density at radius 2 is 1.70 bits per heavy atom. The van der Waals surface area contributed by atoms with Crippen molar-refractivity contribution in [3.8, 4) is 22.7 Å². The first-order valence-corrected chi connectivity index (χ1v) is 17.4. The van der Waals surface area contributed by atoms with Gasteiger partial charge < -0.3 is 14.9 Å². The van der Waals surface area contributed by atoms with Gasteiger partial charge in [0.05, 0.1) is 17.5 Å². The van der Waals surface area contributed by atoms with E-state index in [0.29, 0.717) is 52.9 Å². The van der Waals surface area contributed by atoms with Crippen molar-refractivity contribution in [2.24, 2.45) is 0 Å². The molecule has 2 saturated heterocycles. The number of hydrogen-bond acceptors (Lipinski definition) is 5. The van der Waals surface area contributed by atoms with Crippen LogP contribution in [0.4, 0.5) is 15.0 Å². The Labute approximate surface area is 253 Å². The minimum Gasteiger partial charge on any atom is -0.465 e. The zero-order valence-corrected chi connectivity index (χ0v) is 26.6. The summed E-state index contributed by atoms with van der Waals surface area (Å²) >= 11 is 0. The molecule has 6 rings (SSSR count). The van der Waals surface area contributed by atoms with Crippen molar-refractivity contribution in [1.82, 2.24) is 19.9 Å². The quantitative estimate of drug-likeness (QED) is 0.190. The second-order valence-electron chi connectivity index (χ2n) is 12.8. The third kappa shape index (κ3) is 4.54. The number of carboxylic acid groups (broad SMARTS) is 1. The molecule has 2 aromatic carbocycles. The first kappa shape index (κ1) is 29.1. The number of hydrogen-bond donors (Lipinski definition) is 1. The van der Waals surface area contributed by atoms with Gasteiger partial charge in [-0.05, 0) is 34.5 Å². The van der Waals surface area contributed by atoms with E-state index in [4.69, 9.17) is 0 Å². The lowest BCUT2D eigenvalue weighted by Crippen LogP contribution is -2.63. The molecule has 0 saturated carbocycles. The predicted molar refractivity (Wildman–Crippen MR) is 172 cm³/mol. The summed E-state index contributed by atoms with van der Waals surface area (Å²) in [7, 11) is -1.99. The number of pyridine rings is 1. The molecule has 4 heterocycles.